The fraction of sp³-hybridized carbons (Fsp3) is 0.600. The lowest BCUT2D eigenvalue weighted by molar-refractivity contribution is -0.137. The fourth-order valence-electron chi connectivity index (χ4n) is 1.19. The standard InChI is InChI=1S/C10H16N2O2S/c1-7(3-4-10(13)14)11-5-9-12-8(2)6-15-9/h6-7,11H,3-5H2,1-2H3,(H,13,14). The predicted octanol–water partition coefficient (Wildman–Crippen LogP) is 1.79. The van der Waals surface area contributed by atoms with Crippen molar-refractivity contribution in [3.63, 3.8) is 0 Å². The van der Waals surface area contributed by atoms with E-state index >= 15 is 0 Å². The van der Waals surface area contributed by atoms with Gasteiger partial charge < -0.3 is 10.4 Å². The first-order chi connectivity index (χ1) is 7.08. The van der Waals surface area contributed by atoms with Crippen LogP contribution in [-0.2, 0) is 11.3 Å². The van der Waals surface area contributed by atoms with Gasteiger partial charge in [-0.1, -0.05) is 0 Å². The van der Waals surface area contributed by atoms with Gasteiger partial charge in [0.25, 0.3) is 0 Å². The van der Waals surface area contributed by atoms with Crippen LogP contribution in [0.1, 0.15) is 30.5 Å². The topological polar surface area (TPSA) is 62.2 Å². The van der Waals surface area contributed by atoms with E-state index in [0.29, 0.717) is 6.42 Å². The fourth-order valence-corrected chi connectivity index (χ4v) is 1.91. The number of nitrogens with one attached hydrogen (secondary N) is 1. The van der Waals surface area contributed by atoms with E-state index < -0.39 is 5.97 Å². The lowest BCUT2D eigenvalue weighted by atomic mass is 10.2. The Balaban J connectivity index is 2.22. The number of carboxylic acids is 1. The van der Waals surface area contributed by atoms with Crippen LogP contribution in [-0.4, -0.2) is 22.1 Å². The highest BCUT2D eigenvalue weighted by Gasteiger charge is 2.05. The molecule has 84 valence electrons. The molecule has 0 aliphatic heterocycles. The molecule has 0 aliphatic rings. The van der Waals surface area contributed by atoms with Crippen molar-refractivity contribution in [2.24, 2.45) is 0 Å². The van der Waals surface area contributed by atoms with Crippen LogP contribution < -0.4 is 5.32 Å². The Morgan fingerprint density at radius 3 is 3.00 bits per heavy atom. The number of carboxylic acid groups (broad SMARTS) is 1. The third-order valence-electron chi connectivity index (χ3n) is 2.06. The molecule has 1 heterocycles. The molecule has 0 aromatic carbocycles. The first kappa shape index (κ1) is 12.1. The van der Waals surface area contributed by atoms with E-state index in [1.807, 2.05) is 19.2 Å². The minimum atomic E-state index is -0.742. The molecule has 0 radical (unpaired) electrons. The zero-order chi connectivity index (χ0) is 11.3. The van der Waals surface area contributed by atoms with Gasteiger partial charge in [0.15, 0.2) is 0 Å². The number of hydrogen-bond acceptors (Lipinski definition) is 4. The smallest absolute Gasteiger partial charge is 0.303 e. The van der Waals surface area contributed by atoms with Crippen LogP contribution in [0.15, 0.2) is 5.38 Å². The predicted molar refractivity (Wildman–Crippen MR) is 60.0 cm³/mol. The van der Waals surface area contributed by atoms with Crippen molar-refractivity contribution in [2.75, 3.05) is 0 Å². The number of hydrogen-bond donors (Lipinski definition) is 2. The quantitative estimate of drug-likeness (QED) is 0.779. The van der Waals surface area contributed by atoms with Crippen LogP contribution >= 0.6 is 11.3 Å². The van der Waals surface area contributed by atoms with Crippen molar-refractivity contribution in [1.82, 2.24) is 10.3 Å². The van der Waals surface area contributed by atoms with Crippen molar-refractivity contribution in [3.05, 3.63) is 16.1 Å². The minimum absolute atomic E-state index is 0.213. The summed E-state index contributed by atoms with van der Waals surface area (Å²) in [4.78, 5) is 14.7. The van der Waals surface area contributed by atoms with Gasteiger partial charge in [-0.05, 0) is 20.3 Å². The SMILES string of the molecule is Cc1csc(CNC(C)CCC(=O)O)n1. The Bertz CT molecular complexity index is 325. The van der Waals surface area contributed by atoms with E-state index in [-0.39, 0.29) is 12.5 Å². The van der Waals surface area contributed by atoms with Crippen LogP contribution in [0, 0.1) is 6.92 Å². The van der Waals surface area contributed by atoms with Gasteiger partial charge in [0.05, 0.1) is 0 Å². The summed E-state index contributed by atoms with van der Waals surface area (Å²) in [6.07, 6.45) is 0.866. The van der Waals surface area contributed by atoms with E-state index in [9.17, 15) is 4.79 Å². The molecule has 2 N–H and O–H groups in total. The van der Waals surface area contributed by atoms with Gasteiger partial charge in [0.1, 0.15) is 5.01 Å². The Hall–Kier alpha value is -0.940. The van der Waals surface area contributed by atoms with Crippen molar-refractivity contribution < 1.29 is 9.90 Å². The van der Waals surface area contributed by atoms with E-state index in [0.717, 1.165) is 17.2 Å². The molecule has 1 rings (SSSR count). The van der Waals surface area contributed by atoms with E-state index in [4.69, 9.17) is 5.11 Å². The summed E-state index contributed by atoms with van der Waals surface area (Å²) in [6.45, 7) is 4.68. The van der Waals surface area contributed by atoms with Crippen LogP contribution in [0.2, 0.25) is 0 Å². The number of thiazole rings is 1. The second kappa shape index (κ2) is 5.82. The first-order valence-electron chi connectivity index (χ1n) is 4.94. The third-order valence-corrected chi connectivity index (χ3v) is 3.03. The summed E-state index contributed by atoms with van der Waals surface area (Å²) in [6, 6.07) is 0.213. The molecular weight excluding hydrogens is 212 g/mol. The molecule has 0 saturated carbocycles. The molecule has 0 bridgehead atoms. The molecule has 0 amide bonds. The minimum Gasteiger partial charge on any atom is -0.481 e. The second-order valence-corrected chi connectivity index (χ2v) is 4.54. The number of carbonyl (C=O) groups is 1. The highest BCUT2D eigenvalue weighted by molar-refractivity contribution is 7.09. The summed E-state index contributed by atoms with van der Waals surface area (Å²) >= 11 is 1.63. The maximum absolute atomic E-state index is 10.3. The maximum Gasteiger partial charge on any atom is 0.303 e. The van der Waals surface area contributed by atoms with Gasteiger partial charge in [0, 0.05) is 30.1 Å². The van der Waals surface area contributed by atoms with Gasteiger partial charge in [-0.25, -0.2) is 4.98 Å². The number of nitrogens with zero attached hydrogens (tertiary/aromatic N) is 1. The molecule has 0 saturated heterocycles. The zero-order valence-corrected chi connectivity index (χ0v) is 9.80. The number of aliphatic carboxylic acids is 1. The van der Waals surface area contributed by atoms with E-state index in [1.54, 1.807) is 11.3 Å². The summed E-state index contributed by atoms with van der Waals surface area (Å²) in [5.74, 6) is -0.742. The van der Waals surface area contributed by atoms with Gasteiger partial charge in [0.2, 0.25) is 0 Å². The van der Waals surface area contributed by atoms with E-state index in [2.05, 4.69) is 10.3 Å². The van der Waals surface area contributed by atoms with Crippen molar-refractivity contribution in [3.8, 4) is 0 Å². The molecule has 1 atom stereocenters. The van der Waals surface area contributed by atoms with Crippen molar-refractivity contribution in [1.29, 1.82) is 0 Å². The zero-order valence-electron chi connectivity index (χ0n) is 8.99. The van der Waals surface area contributed by atoms with Crippen molar-refractivity contribution >= 4 is 17.3 Å². The van der Waals surface area contributed by atoms with Crippen LogP contribution in [0.4, 0.5) is 0 Å². The lowest BCUT2D eigenvalue weighted by Crippen LogP contribution is -2.26. The largest absolute Gasteiger partial charge is 0.481 e. The molecular formula is C10H16N2O2S. The summed E-state index contributed by atoms with van der Waals surface area (Å²) in [7, 11) is 0. The summed E-state index contributed by atoms with van der Waals surface area (Å²) in [5.41, 5.74) is 1.04. The molecule has 15 heavy (non-hydrogen) atoms. The second-order valence-electron chi connectivity index (χ2n) is 3.60. The Labute approximate surface area is 93.4 Å². The summed E-state index contributed by atoms with van der Waals surface area (Å²) < 4.78 is 0. The Morgan fingerprint density at radius 1 is 1.73 bits per heavy atom. The van der Waals surface area contributed by atoms with Crippen LogP contribution in [0.5, 0.6) is 0 Å². The summed E-state index contributed by atoms with van der Waals surface area (Å²) in [5, 5.41) is 14.8. The first-order valence-corrected chi connectivity index (χ1v) is 5.82. The molecule has 0 fully saturated rings. The molecule has 1 aromatic rings. The van der Waals surface area contributed by atoms with Crippen molar-refractivity contribution in [2.45, 2.75) is 39.3 Å². The molecule has 1 unspecified atom stereocenters. The number of aromatic nitrogens is 1. The number of rotatable bonds is 6. The molecule has 5 heteroatoms. The van der Waals surface area contributed by atoms with Gasteiger partial charge in [-0.2, -0.15) is 0 Å². The Kier molecular flexibility index (Phi) is 4.71. The van der Waals surface area contributed by atoms with E-state index in [1.165, 1.54) is 0 Å². The molecule has 1 aromatic heterocycles. The molecule has 0 spiro atoms. The monoisotopic (exact) mass is 228 g/mol. The normalized spacial score (nSPS) is 12.7. The molecule has 4 nitrogen and oxygen atoms in total. The van der Waals surface area contributed by atoms with Gasteiger partial charge in [-0.3, -0.25) is 4.79 Å². The number of aryl methyl sites for hydroxylation is 1. The van der Waals surface area contributed by atoms with Crippen LogP contribution in [0.3, 0.4) is 0 Å². The average molecular weight is 228 g/mol. The molecule has 0 aliphatic carbocycles. The highest BCUT2D eigenvalue weighted by Crippen LogP contribution is 2.08. The third kappa shape index (κ3) is 4.90. The Morgan fingerprint density at radius 2 is 2.47 bits per heavy atom. The average Bonchev–Trinajstić information content (AvgIpc) is 2.58. The van der Waals surface area contributed by atoms with Gasteiger partial charge >= 0.3 is 5.97 Å². The maximum atomic E-state index is 10.3. The highest BCUT2D eigenvalue weighted by atomic mass is 32.1. The van der Waals surface area contributed by atoms with Gasteiger partial charge in [-0.15, -0.1) is 11.3 Å². The van der Waals surface area contributed by atoms with Crippen LogP contribution in [0.25, 0.3) is 0 Å². The lowest BCUT2D eigenvalue weighted by Gasteiger charge is -2.10.